The standard InChI is InChI=1S/C43H65FN6O10.C35H58FN5O10.C8H7N/c1-12-32-43(8)35(50(40(55)60-43)19-14-13-18-49-23-30(46-47-49)28-16-15-17-29(45)21-28)26(4)33(51)24(2)22-41(6,56-11)37(27(5)36(53)42(7,44)39(54)58-32)59-38-34(52)31(48(9)10)20-25(3)57-38;1-12-24-35(8)27(41(32(46)51-35)16-14-13-15-38-39-37)21(4)25(42)19(2)18-33(6,47-11)29(22(5)28(44)34(7,36)31(45)49-24)50-30-26(43)23(40(9)10)17-20(3)48-30;1-2-7-4-3-5-8(9)6-7/h15-17,21,23-27,31-32,34-35,37-38,52H,12-14,18-20,22,45H2,1-11H3;19-24,26-27,29-30,43H,12-18H2,1-11H3;1,3-6H,9H2/t24-,25?,26+,27+,31?,32-,34?,35-,37-,38+,41-,42+,43-;19-,20?,21+,22+,23?,24-,26?,27-,29-,30+,33-,34+,35-;/m11./s1. The molecule has 0 saturated carbocycles. The van der Waals surface area contributed by atoms with Crippen molar-refractivity contribution >= 4 is 58.6 Å². The number of Topliss-reactive ketones (excluding diaryl/α,β-unsaturated/α-hetero) is 4. The summed E-state index contributed by atoms with van der Waals surface area (Å²) >= 11 is 0. The van der Waals surface area contributed by atoms with Gasteiger partial charge in [-0.05, 0) is 184 Å². The molecule has 6 aliphatic rings. The van der Waals surface area contributed by atoms with Crippen LogP contribution in [0.4, 0.5) is 29.7 Å². The number of ketones is 4. The second kappa shape index (κ2) is 41.2. The number of nitrogens with zero attached hydrogens (tertiary/aromatic N) is 10. The largest absolute Gasteiger partial charge is 0.455 e. The Morgan fingerprint density at radius 3 is 1.41 bits per heavy atom. The van der Waals surface area contributed by atoms with Crippen molar-refractivity contribution in [1.82, 2.24) is 34.6 Å². The molecule has 2 amide bonds. The van der Waals surface area contributed by atoms with Gasteiger partial charge in [0.05, 0.1) is 53.9 Å². The van der Waals surface area contributed by atoms with Gasteiger partial charge in [0.25, 0.3) is 11.3 Å². The number of terminal acetylenes is 1. The average molecular weight is 1690 g/mol. The number of benzene rings is 2. The summed E-state index contributed by atoms with van der Waals surface area (Å²) in [6, 6.07) is 12.0. The van der Waals surface area contributed by atoms with E-state index in [0.29, 0.717) is 62.1 Å². The zero-order valence-corrected chi connectivity index (χ0v) is 73.8. The number of aliphatic hydroxyl groups is 2. The van der Waals surface area contributed by atoms with Crippen molar-refractivity contribution in [3.8, 4) is 23.6 Å². The van der Waals surface area contributed by atoms with Gasteiger partial charge in [0.1, 0.15) is 41.7 Å². The molecule has 2 aromatic carbocycles. The van der Waals surface area contributed by atoms with Crippen LogP contribution in [0.5, 0.6) is 0 Å². The second-order valence-corrected chi connectivity index (χ2v) is 34.8. The van der Waals surface area contributed by atoms with Gasteiger partial charge >= 0.3 is 24.1 Å². The third-order valence-electron chi connectivity index (χ3n) is 25.1. The Balaban J connectivity index is 0.000000302. The minimum Gasteiger partial charge on any atom is -0.455 e. The number of aromatic nitrogens is 3. The smallest absolute Gasteiger partial charge is 0.410 e. The molecular formula is C86H130F2N12O20. The number of alkyl halides is 2. The number of aliphatic hydroxyl groups excluding tert-OH is 2. The first-order valence-electron chi connectivity index (χ1n) is 41.6. The molecule has 26 atom stereocenters. The molecule has 6 saturated heterocycles. The summed E-state index contributed by atoms with van der Waals surface area (Å²) in [5, 5.41) is 34.8. The van der Waals surface area contributed by atoms with Gasteiger partial charge in [-0.25, -0.2) is 28.0 Å². The highest BCUT2D eigenvalue weighted by Gasteiger charge is 2.65. The lowest BCUT2D eigenvalue weighted by Gasteiger charge is -2.47. The van der Waals surface area contributed by atoms with Crippen LogP contribution in [0.25, 0.3) is 21.7 Å². The SMILES string of the molecule is C#Cc1cccc(N)c1.CC[C@H]1OC(=O)[C@@](C)(F)C(=O)[C@H](C)[C@@H](O[C@@H]2OC(C)CC(N(C)C)C2O)[C@](C)(OC)C[C@@H](C)C(=O)[C@H](C)[C@H]2N(CCCCN=[N+]=[N-])C(=O)O[C@]12C.CC[C@H]1OC(=O)[C@@](C)(F)C(=O)[C@H](C)[C@@H](O[C@@H]2OC(C)CC(N(C)C)C2O)[C@](C)(OC)C[C@@H](C)C(=O)[C@H](C)[C@H]2N(CCCCn3cc(-c4cccc(N)c4)nn3)C(=O)O[C@]12C. The van der Waals surface area contributed by atoms with Gasteiger partial charge in [0, 0.05) is 115 Å². The molecule has 6 fully saturated rings. The maximum Gasteiger partial charge on any atom is 0.410 e. The lowest BCUT2D eigenvalue weighted by molar-refractivity contribution is -0.295. The molecule has 6 unspecified atom stereocenters. The Morgan fingerprint density at radius 1 is 0.625 bits per heavy atom. The molecule has 6 N–H and O–H groups in total. The van der Waals surface area contributed by atoms with E-state index in [1.54, 1.807) is 92.1 Å². The number of amides is 2. The predicted octanol–water partition coefficient (Wildman–Crippen LogP) is 10.2. The number of aryl methyl sites for hydroxylation is 1. The summed E-state index contributed by atoms with van der Waals surface area (Å²) in [7, 11) is 10.0. The molecule has 0 radical (unpaired) electrons. The number of carbonyl (C=O) groups excluding carboxylic acids is 8. The third-order valence-corrected chi connectivity index (χ3v) is 25.1. The first-order valence-corrected chi connectivity index (χ1v) is 41.6. The molecule has 34 heteroatoms. The van der Waals surface area contributed by atoms with Crippen LogP contribution in [0.15, 0.2) is 59.8 Å². The number of esters is 2. The summed E-state index contributed by atoms with van der Waals surface area (Å²) in [5.74, 6) is -9.24. The van der Waals surface area contributed by atoms with Crippen molar-refractivity contribution in [2.24, 2.45) is 40.6 Å². The van der Waals surface area contributed by atoms with Crippen molar-refractivity contribution < 1.29 is 105 Å². The molecule has 0 aliphatic carbocycles. The molecule has 7 heterocycles. The maximum atomic E-state index is 16.9. The molecule has 1 aromatic heterocycles. The molecule has 6 aliphatic heterocycles. The molecule has 32 nitrogen and oxygen atoms in total. The number of carbonyl (C=O) groups is 8. The minimum atomic E-state index is -3.19. The van der Waals surface area contributed by atoms with Crippen LogP contribution in [0.3, 0.4) is 0 Å². The lowest BCUT2D eigenvalue weighted by Crippen LogP contribution is -2.61. The highest BCUT2D eigenvalue weighted by Crippen LogP contribution is 2.47. The number of ether oxygens (including phenoxy) is 10. The van der Waals surface area contributed by atoms with Gasteiger partial charge in [0.15, 0.2) is 35.3 Å². The van der Waals surface area contributed by atoms with Gasteiger partial charge in [-0.1, -0.05) is 89.8 Å². The summed E-state index contributed by atoms with van der Waals surface area (Å²) in [6.45, 7) is 25.8. The lowest BCUT2D eigenvalue weighted by atomic mass is 9.73. The number of hydrogen-bond acceptors (Lipinski definition) is 27. The van der Waals surface area contributed by atoms with Crippen molar-refractivity contribution in [2.75, 3.05) is 73.5 Å². The van der Waals surface area contributed by atoms with E-state index in [9.17, 15) is 48.6 Å². The molecule has 9 rings (SSSR count). The van der Waals surface area contributed by atoms with Gasteiger partial charge in [-0.3, -0.25) is 23.9 Å². The number of nitrogen functional groups attached to an aromatic ring is 2. The monoisotopic (exact) mass is 1690 g/mol. The number of rotatable bonds is 21. The number of likely N-dealkylation sites (N-methyl/N-ethyl adjacent to an activating group) is 2. The Kier molecular flexibility index (Phi) is 33.9. The van der Waals surface area contributed by atoms with Crippen LogP contribution in [0, 0.1) is 47.9 Å². The highest BCUT2D eigenvalue weighted by molar-refractivity contribution is 6.08. The number of anilines is 2. The number of unbranched alkanes of at least 4 members (excludes halogenated alkanes) is 2. The Labute approximate surface area is 704 Å². The number of halogens is 2. The van der Waals surface area contributed by atoms with E-state index < -0.39 is 166 Å². The van der Waals surface area contributed by atoms with Crippen LogP contribution in [-0.4, -0.2) is 273 Å². The Bertz CT molecular complexity index is 4140. The third kappa shape index (κ3) is 22.0. The number of azide groups is 1. The molecule has 120 heavy (non-hydrogen) atoms. The van der Waals surface area contributed by atoms with Crippen LogP contribution < -0.4 is 11.5 Å². The number of cyclic esters (lactones) is 2. The van der Waals surface area contributed by atoms with Gasteiger partial charge in [-0.15, -0.1) is 11.5 Å². The average Bonchev–Trinajstić information content (AvgIpc) is 1.53. The number of nitrogens with two attached hydrogens (primary N) is 2. The van der Waals surface area contributed by atoms with Gasteiger partial charge in [0.2, 0.25) is 0 Å². The van der Waals surface area contributed by atoms with E-state index >= 15 is 8.78 Å². The van der Waals surface area contributed by atoms with E-state index in [0.717, 1.165) is 25.0 Å². The molecule has 0 spiro atoms. The van der Waals surface area contributed by atoms with Gasteiger partial charge < -0.3 is 88.6 Å². The second-order valence-electron chi connectivity index (χ2n) is 34.8. The van der Waals surface area contributed by atoms with Crippen molar-refractivity contribution in [3.63, 3.8) is 0 Å². The quantitative estimate of drug-likeness (QED) is 0.00886. The maximum absolute atomic E-state index is 16.9. The van der Waals surface area contributed by atoms with Crippen LogP contribution in [0.2, 0.25) is 0 Å². The summed E-state index contributed by atoms with van der Waals surface area (Å²) in [4.78, 5) is 122. The molecule has 0 bridgehead atoms. The van der Waals surface area contributed by atoms with E-state index in [1.165, 1.54) is 37.9 Å². The van der Waals surface area contributed by atoms with Gasteiger partial charge in [-0.2, -0.15) is 0 Å². The summed E-state index contributed by atoms with van der Waals surface area (Å²) in [5.41, 5.74) is 11.2. The van der Waals surface area contributed by atoms with E-state index in [2.05, 4.69) is 26.3 Å². The topological polar surface area (TPSA) is 414 Å². The fourth-order valence-electron chi connectivity index (χ4n) is 18.4. The minimum absolute atomic E-state index is 0.0111. The van der Waals surface area contributed by atoms with Crippen molar-refractivity contribution in [1.29, 1.82) is 0 Å². The first-order chi connectivity index (χ1) is 56.1. The highest BCUT2D eigenvalue weighted by atomic mass is 19.1. The predicted molar refractivity (Wildman–Crippen MR) is 441 cm³/mol. The van der Waals surface area contributed by atoms with Crippen LogP contribution in [0.1, 0.15) is 181 Å². The van der Waals surface area contributed by atoms with Crippen LogP contribution in [-0.2, 0) is 82.7 Å². The summed E-state index contributed by atoms with van der Waals surface area (Å²) in [6.07, 6.45) is -2.05. The number of fused-ring (bicyclic) bond motifs is 2. The zero-order valence-electron chi connectivity index (χ0n) is 73.8. The Morgan fingerprint density at radius 2 is 1.03 bits per heavy atom. The normalized spacial score (nSPS) is 36.8. The zero-order chi connectivity index (χ0) is 89.8. The Hall–Kier alpha value is -8.33. The summed E-state index contributed by atoms with van der Waals surface area (Å²) < 4.78 is 96.0. The van der Waals surface area contributed by atoms with Crippen LogP contribution >= 0.6 is 0 Å². The molecule has 3 aromatic rings. The number of hydrogen-bond donors (Lipinski definition) is 4. The van der Waals surface area contributed by atoms with Crippen molar-refractivity contribution in [2.45, 2.75) is 301 Å². The molecule has 668 valence electrons. The first kappa shape index (κ1) is 98.8. The van der Waals surface area contributed by atoms with E-state index in [1.807, 2.05) is 88.4 Å². The number of methoxy groups -OCH3 is 2. The molecular weight excluding hydrogens is 1560 g/mol. The van der Waals surface area contributed by atoms with E-state index in [-0.39, 0.29) is 81.2 Å². The fourth-order valence-corrected chi connectivity index (χ4v) is 18.4. The van der Waals surface area contributed by atoms with E-state index in [4.69, 9.17) is 70.8 Å². The van der Waals surface area contributed by atoms with Crippen molar-refractivity contribution in [3.05, 3.63) is 70.7 Å². The fraction of sp³-hybridized carbons (Fsp3) is 0.721.